The lowest BCUT2D eigenvalue weighted by molar-refractivity contribution is -0.118. The zero-order valence-corrected chi connectivity index (χ0v) is 17.9. The number of carbonyl (C=O) groups excluding carboxylic acids is 2. The first-order chi connectivity index (χ1) is 13.5. The molecule has 0 spiro atoms. The summed E-state index contributed by atoms with van der Waals surface area (Å²) in [7, 11) is 1.64. The average Bonchev–Trinajstić information content (AvgIpc) is 2.64. The fraction of sp³-hybridized carbons (Fsp3) is 0.429. The monoisotopic (exact) mass is 399 g/mol. The molecule has 1 aromatic heterocycles. The molecule has 0 aliphatic rings. The second-order valence-corrected chi connectivity index (χ2v) is 7.74. The Morgan fingerprint density at radius 1 is 1.10 bits per heavy atom. The van der Waals surface area contributed by atoms with Gasteiger partial charge in [-0.15, -0.1) is 0 Å². The van der Waals surface area contributed by atoms with E-state index in [2.05, 4.69) is 9.97 Å². The first-order valence-electron chi connectivity index (χ1n) is 9.52. The molecular formula is C21H29N5O3. The molecule has 0 saturated carbocycles. The van der Waals surface area contributed by atoms with Crippen LogP contribution in [0.4, 0.5) is 27.8 Å². The van der Waals surface area contributed by atoms with Crippen molar-refractivity contribution in [2.75, 3.05) is 22.6 Å². The third kappa shape index (κ3) is 5.43. The molecule has 8 heteroatoms. The molecule has 1 heterocycles. The zero-order valence-electron chi connectivity index (χ0n) is 17.9. The molecule has 2 amide bonds. The van der Waals surface area contributed by atoms with Crippen molar-refractivity contribution >= 4 is 35.0 Å². The second kappa shape index (κ2) is 8.89. The predicted molar refractivity (Wildman–Crippen MR) is 114 cm³/mol. The number of anilines is 4. The molecule has 0 fully saturated rings. The van der Waals surface area contributed by atoms with Crippen LogP contribution in [0.15, 0.2) is 30.6 Å². The Morgan fingerprint density at radius 2 is 1.69 bits per heavy atom. The van der Waals surface area contributed by atoms with Gasteiger partial charge in [0.25, 0.3) is 0 Å². The highest BCUT2D eigenvalue weighted by Gasteiger charge is 2.23. The largest absolute Gasteiger partial charge is 0.443 e. The summed E-state index contributed by atoms with van der Waals surface area (Å²) in [5.74, 6) is 0.678. The number of hydrogen-bond acceptors (Lipinski definition) is 6. The highest BCUT2D eigenvalue weighted by Crippen LogP contribution is 2.31. The Bertz CT molecular complexity index is 875. The van der Waals surface area contributed by atoms with Crippen LogP contribution in [0.2, 0.25) is 0 Å². The molecule has 156 valence electrons. The van der Waals surface area contributed by atoms with Crippen molar-refractivity contribution in [2.45, 2.75) is 53.1 Å². The summed E-state index contributed by atoms with van der Waals surface area (Å²) >= 11 is 0. The van der Waals surface area contributed by atoms with Crippen molar-refractivity contribution in [2.24, 2.45) is 0 Å². The number of nitrogens with zero attached hydrogens (tertiary/aromatic N) is 4. The maximum absolute atomic E-state index is 12.8. The lowest BCUT2D eigenvalue weighted by Crippen LogP contribution is -2.34. The van der Waals surface area contributed by atoms with Crippen molar-refractivity contribution < 1.29 is 14.3 Å². The molecule has 0 atom stereocenters. The van der Waals surface area contributed by atoms with Gasteiger partial charge in [0.1, 0.15) is 23.6 Å². The molecule has 2 aromatic rings. The van der Waals surface area contributed by atoms with Crippen molar-refractivity contribution in [3.8, 4) is 0 Å². The van der Waals surface area contributed by atoms with Gasteiger partial charge in [0, 0.05) is 24.7 Å². The number of aromatic nitrogens is 2. The number of carbonyl (C=O) groups is 2. The third-order valence-corrected chi connectivity index (χ3v) is 4.18. The summed E-state index contributed by atoms with van der Waals surface area (Å²) in [6.07, 6.45) is 1.95. The zero-order chi connectivity index (χ0) is 21.8. The van der Waals surface area contributed by atoms with E-state index in [9.17, 15) is 9.59 Å². The minimum atomic E-state index is -0.584. The van der Waals surface area contributed by atoms with E-state index in [1.165, 1.54) is 16.1 Å². The van der Waals surface area contributed by atoms with Gasteiger partial charge >= 0.3 is 6.09 Å². The molecule has 8 nitrogen and oxygen atoms in total. The van der Waals surface area contributed by atoms with Crippen LogP contribution in [-0.4, -0.2) is 34.6 Å². The van der Waals surface area contributed by atoms with Gasteiger partial charge in [0.15, 0.2) is 0 Å². The third-order valence-electron chi connectivity index (χ3n) is 4.18. The first-order valence-corrected chi connectivity index (χ1v) is 9.52. The topological polar surface area (TPSA) is 102 Å². The number of amides is 2. The normalized spacial score (nSPS) is 11.1. The standard InChI is InChI=1S/C21H29N5O3/c1-7-8-17(27)26(19-14(2)18(22)23-13-24-19)16-11-9-15(10-12-16)25(6)20(28)29-21(3,4)5/h9-13H,7-8H2,1-6H3,(H2,22,23,24). The van der Waals surface area contributed by atoms with Crippen LogP contribution < -0.4 is 15.5 Å². The quantitative estimate of drug-likeness (QED) is 0.808. The van der Waals surface area contributed by atoms with E-state index in [0.29, 0.717) is 41.4 Å². The fourth-order valence-electron chi connectivity index (χ4n) is 2.65. The van der Waals surface area contributed by atoms with Crippen molar-refractivity contribution in [1.82, 2.24) is 9.97 Å². The van der Waals surface area contributed by atoms with Gasteiger partial charge in [-0.05, 0) is 58.4 Å². The van der Waals surface area contributed by atoms with Crippen LogP contribution >= 0.6 is 0 Å². The van der Waals surface area contributed by atoms with Crippen LogP contribution in [0, 0.1) is 6.92 Å². The second-order valence-electron chi connectivity index (χ2n) is 7.74. The Morgan fingerprint density at radius 3 is 2.24 bits per heavy atom. The maximum Gasteiger partial charge on any atom is 0.414 e. The molecule has 0 aliphatic heterocycles. The molecule has 0 bridgehead atoms. The lowest BCUT2D eigenvalue weighted by atomic mass is 10.2. The molecule has 0 saturated heterocycles. The molecule has 0 radical (unpaired) electrons. The van der Waals surface area contributed by atoms with E-state index < -0.39 is 11.7 Å². The van der Waals surface area contributed by atoms with E-state index >= 15 is 0 Å². The van der Waals surface area contributed by atoms with Gasteiger partial charge in [-0.25, -0.2) is 14.8 Å². The molecular weight excluding hydrogens is 370 g/mol. The SMILES string of the molecule is CCCC(=O)N(c1ccc(N(C)C(=O)OC(C)(C)C)cc1)c1ncnc(N)c1C. The van der Waals surface area contributed by atoms with Crippen LogP contribution in [0.25, 0.3) is 0 Å². The summed E-state index contributed by atoms with van der Waals surface area (Å²) in [4.78, 5) is 36.3. The Hall–Kier alpha value is -3.16. The van der Waals surface area contributed by atoms with E-state index in [0.717, 1.165) is 0 Å². The molecule has 0 unspecified atom stereocenters. The van der Waals surface area contributed by atoms with Gasteiger partial charge in [-0.3, -0.25) is 14.6 Å². The number of ether oxygens (including phenoxy) is 1. The van der Waals surface area contributed by atoms with Gasteiger partial charge in [-0.1, -0.05) is 6.92 Å². The van der Waals surface area contributed by atoms with Crippen LogP contribution in [0.3, 0.4) is 0 Å². The molecule has 29 heavy (non-hydrogen) atoms. The molecule has 0 aliphatic carbocycles. The van der Waals surface area contributed by atoms with E-state index in [4.69, 9.17) is 10.5 Å². The van der Waals surface area contributed by atoms with E-state index in [1.807, 2.05) is 27.7 Å². The Labute approximate surface area is 171 Å². The first kappa shape index (κ1) is 22.1. The number of rotatable bonds is 5. The minimum absolute atomic E-state index is 0.0954. The van der Waals surface area contributed by atoms with Crippen LogP contribution in [0.5, 0.6) is 0 Å². The number of benzene rings is 1. The summed E-state index contributed by atoms with van der Waals surface area (Å²) in [6, 6.07) is 7.04. The highest BCUT2D eigenvalue weighted by atomic mass is 16.6. The summed E-state index contributed by atoms with van der Waals surface area (Å²) in [5.41, 5.74) is 7.23. The van der Waals surface area contributed by atoms with Crippen molar-refractivity contribution in [3.05, 3.63) is 36.2 Å². The average molecular weight is 399 g/mol. The number of hydrogen-bond donors (Lipinski definition) is 1. The van der Waals surface area contributed by atoms with Crippen LogP contribution in [-0.2, 0) is 9.53 Å². The van der Waals surface area contributed by atoms with Crippen molar-refractivity contribution in [3.63, 3.8) is 0 Å². The maximum atomic E-state index is 12.8. The van der Waals surface area contributed by atoms with Gasteiger partial charge in [0.2, 0.25) is 5.91 Å². The Balaban J connectivity index is 2.37. The minimum Gasteiger partial charge on any atom is -0.443 e. The lowest BCUT2D eigenvalue weighted by Gasteiger charge is -2.26. The Kier molecular flexibility index (Phi) is 6.79. The van der Waals surface area contributed by atoms with Gasteiger partial charge in [0.05, 0.1) is 5.69 Å². The summed E-state index contributed by atoms with van der Waals surface area (Å²) in [5, 5.41) is 0. The van der Waals surface area contributed by atoms with E-state index in [-0.39, 0.29) is 5.91 Å². The molecule has 1 aromatic carbocycles. The van der Waals surface area contributed by atoms with Gasteiger partial charge < -0.3 is 10.5 Å². The van der Waals surface area contributed by atoms with E-state index in [1.54, 1.807) is 38.2 Å². The highest BCUT2D eigenvalue weighted by molar-refractivity contribution is 6.01. The molecule has 2 N–H and O–H groups in total. The number of nitrogens with two attached hydrogens (primary N) is 1. The predicted octanol–water partition coefficient (Wildman–Crippen LogP) is 4.20. The smallest absolute Gasteiger partial charge is 0.414 e. The number of nitrogen functional groups attached to an aromatic ring is 1. The summed E-state index contributed by atoms with van der Waals surface area (Å²) in [6.45, 7) is 9.16. The van der Waals surface area contributed by atoms with Gasteiger partial charge in [-0.2, -0.15) is 0 Å². The van der Waals surface area contributed by atoms with Crippen LogP contribution in [0.1, 0.15) is 46.1 Å². The fourth-order valence-corrected chi connectivity index (χ4v) is 2.65. The van der Waals surface area contributed by atoms with Crippen molar-refractivity contribution in [1.29, 1.82) is 0 Å². The molecule has 2 rings (SSSR count). The summed E-state index contributed by atoms with van der Waals surface area (Å²) < 4.78 is 5.39.